The summed E-state index contributed by atoms with van der Waals surface area (Å²) in [6.07, 6.45) is 6.79. The highest BCUT2D eigenvalue weighted by atomic mass is 32.1. The third kappa shape index (κ3) is 4.18. The maximum atomic E-state index is 5.01. The molecule has 0 amide bonds. The van der Waals surface area contributed by atoms with Crippen molar-refractivity contribution < 1.29 is 0 Å². The van der Waals surface area contributed by atoms with Crippen molar-refractivity contribution in [2.75, 3.05) is 20.1 Å². The molecule has 0 bridgehead atoms. The molecule has 0 atom stereocenters. The first kappa shape index (κ1) is 14.3. The molecule has 0 radical (unpaired) electrons. The average molecular weight is 281 g/mol. The van der Waals surface area contributed by atoms with Crippen molar-refractivity contribution in [3.63, 3.8) is 0 Å². The summed E-state index contributed by atoms with van der Waals surface area (Å²) in [7, 11) is 1.83. The summed E-state index contributed by atoms with van der Waals surface area (Å²) in [4.78, 5) is 4.51. The van der Waals surface area contributed by atoms with Gasteiger partial charge in [0.25, 0.3) is 0 Å². The highest BCUT2D eigenvalue weighted by molar-refractivity contribution is 7.80. The number of fused-ring (bicyclic) bond motifs is 1. The summed E-state index contributed by atoms with van der Waals surface area (Å²) in [6.45, 7) is 3.88. The maximum Gasteiger partial charge on any atom is 0.166 e. The Kier molecular flexibility index (Phi) is 5.60. The molecule has 0 unspecified atom stereocenters. The molecule has 6 heteroatoms. The van der Waals surface area contributed by atoms with Gasteiger partial charge in [0, 0.05) is 32.4 Å². The fourth-order valence-electron chi connectivity index (χ4n) is 2.36. The second kappa shape index (κ2) is 7.45. The van der Waals surface area contributed by atoms with Crippen molar-refractivity contribution in [2.24, 2.45) is 0 Å². The van der Waals surface area contributed by atoms with Crippen LogP contribution in [0, 0.1) is 0 Å². The summed E-state index contributed by atoms with van der Waals surface area (Å²) < 4.78 is 2.30. The van der Waals surface area contributed by atoms with Crippen molar-refractivity contribution in [3.8, 4) is 0 Å². The number of aromatic nitrogens is 2. The zero-order chi connectivity index (χ0) is 13.5. The molecule has 1 aliphatic rings. The van der Waals surface area contributed by atoms with Crippen LogP contribution < -0.4 is 16.0 Å². The Hall–Kier alpha value is -1.14. The topological polar surface area (TPSA) is 53.9 Å². The summed E-state index contributed by atoms with van der Waals surface area (Å²) in [5.41, 5.74) is 2.65. The Labute approximate surface area is 120 Å². The molecule has 0 saturated heterocycles. The van der Waals surface area contributed by atoms with E-state index in [4.69, 9.17) is 12.2 Å². The fourth-order valence-corrected chi connectivity index (χ4v) is 2.46. The number of imidazole rings is 1. The number of hydrogen-bond donors (Lipinski definition) is 3. The van der Waals surface area contributed by atoms with Crippen molar-refractivity contribution in [2.45, 2.75) is 38.8 Å². The molecule has 2 heterocycles. The molecule has 106 valence electrons. The van der Waals surface area contributed by atoms with E-state index < -0.39 is 0 Å². The van der Waals surface area contributed by atoms with Gasteiger partial charge in [-0.1, -0.05) is 0 Å². The van der Waals surface area contributed by atoms with Gasteiger partial charge in [0.15, 0.2) is 5.11 Å². The first-order valence-corrected chi connectivity index (χ1v) is 7.41. The minimum Gasteiger partial charge on any atom is -0.366 e. The number of nitrogens with one attached hydrogen (secondary N) is 3. The van der Waals surface area contributed by atoms with Crippen molar-refractivity contribution in [3.05, 3.63) is 17.7 Å². The lowest BCUT2D eigenvalue weighted by molar-refractivity contribution is 0.526. The minimum atomic E-state index is 0.711. The van der Waals surface area contributed by atoms with Crippen LogP contribution in [0.2, 0.25) is 0 Å². The Morgan fingerprint density at radius 2 is 2.32 bits per heavy atom. The molecule has 0 spiro atoms. The van der Waals surface area contributed by atoms with Gasteiger partial charge in [-0.05, 0) is 44.4 Å². The van der Waals surface area contributed by atoms with E-state index in [-0.39, 0.29) is 0 Å². The third-order valence-electron chi connectivity index (χ3n) is 3.43. The first-order chi connectivity index (χ1) is 9.31. The van der Waals surface area contributed by atoms with Crippen molar-refractivity contribution >= 4 is 17.3 Å². The summed E-state index contributed by atoms with van der Waals surface area (Å²) in [5.74, 6) is 0. The van der Waals surface area contributed by atoms with Crippen molar-refractivity contribution in [1.82, 2.24) is 25.5 Å². The molecule has 2 rings (SSSR count). The Morgan fingerprint density at radius 3 is 3.16 bits per heavy atom. The molecule has 19 heavy (non-hydrogen) atoms. The number of nitrogens with zero attached hydrogens (tertiary/aromatic N) is 2. The summed E-state index contributed by atoms with van der Waals surface area (Å²) in [6, 6.07) is 0. The minimum absolute atomic E-state index is 0.711. The van der Waals surface area contributed by atoms with E-state index in [9.17, 15) is 0 Å². The van der Waals surface area contributed by atoms with E-state index in [0.29, 0.717) is 5.11 Å². The third-order valence-corrected chi connectivity index (χ3v) is 3.78. The molecule has 0 fully saturated rings. The van der Waals surface area contributed by atoms with Gasteiger partial charge in [-0.25, -0.2) is 4.98 Å². The van der Waals surface area contributed by atoms with Crippen LogP contribution in [0.3, 0.4) is 0 Å². The van der Waals surface area contributed by atoms with Gasteiger partial charge in [0.1, 0.15) is 0 Å². The van der Waals surface area contributed by atoms with Gasteiger partial charge in [-0.15, -0.1) is 0 Å². The highest BCUT2D eigenvalue weighted by Gasteiger charge is 2.13. The second-order valence-electron chi connectivity index (χ2n) is 4.82. The first-order valence-electron chi connectivity index (χ1n) is 7.00. The van der Waals surface area contributed by atoms with E-state index in [1.54, 1.807) is 0 Å². The highest BCUT2D eigenvalue weighted by Crippen LogP contribution is 2.17. The number of thiocarbonyl (C=S) groups is 1. The quantitative estimate of drug-likeness (QED) is 0.532. The maximum absolute atomic E-state index is 5.01. The smallest absolute Gasteiger partial charge is 0.166 e. The van der Waals surface area contributed by atoms with Crippen LogP contribution in [-0.2, 0) is 19.5 Å². The fraction of sp³-hybridized carbons (Fsp3) is 0.692. The average Bonchev–Trinajstić information content (AvgIpc) is 2.85. The number of rotatable bonds is 6. The predicted octanol–water partition coefficient (Wildman–Crippen LogP) is 0.793. The molecule has 0 aromatic carbocycles. The molecule has 1 aliphatic heterocycles. The van der Waals surface area contributed by atoms with Crippen LogP contribution in [-0.4, -0.2) is 34.8 Å². The second-order valence-corrected chi connectivity index (χ2v) is 5.23. The zero-order valence-corrected chi connectivity index (χ0v) is 12.4. The van der Waals surface area contributed by atoms with Crippen LogP contribution in [0.4, 0.5) is 0 Å². The van der Waals surface area contributed by atoms with Crippen molar-refractivity contribution in [1.29, 1.82) is 0 Å². The lowest BCUT2D eigenvalue weighted by Crippen LogP contribution is -2.34. The lowest BCUT2D eigenvalue weighted by Gasteiger charge is -2.15. The molecule has 5 nitrogen and oxygen atoms in total. The standard InChI is InChI=1S/C13H23N5S/c1-14-13(19)16-7-4-6-15-9-11-12-5-2-3-8-18(12)10-17-11/h10,15H,2-9H2,1H3,(H2,14,16,19). The largest absolute Gasteiger partial charge is 0.366 e. The summed E-state index contributed by atoms with van der Waals surface area (Å²) in [5, 5.41) is 10.2. The molecular weight excluding hydrogens is 258 g/mol. The van der Waals surface area contributed by atoms with Gasteiger partial charge in [0.05, 0.1) is 12.0 Å². The van der Waals surface area contributed by atoms with Gasteiger partial charge in [0.2, 0.25) is 0 Å². The van der Waals surface area contributed by atoms with Gasteiger partial charge in [-0.2, -0.15) is 0 Å². The van der Waals surface area contributed by atoms with E-state index in [2.05, 4.69) is 25.5 Å². The predicted molar refractivity (Wildman–Crippen MR) is 81.1 cm³/mol. The molecular formula is C13H23N5S. The lowest BCUT2D eigenvalue weighted by atomic mass is 10.1. The van der Waals surface area contributed by atoms with E-state index >= 15 is 0 Å². The van der Waals surface area contributed by atoms with E-state index in [1.165, 1.54) is 30.7 Å². The zero-order valence-electron chi connectivity index (χ0n) is 11.5. The molecule has 0 saturated carbocycles. The van der Waals surface area contributed by atoms with Crippen LogP contribution in [0.25, 0.3) is 0 Å². The molecule has 3 N–H and O–H groups in total. The van der Waals surface area contributed by atoms with Crippen LogP contribution in [0.5, 0.6) is 0 Å². The monoisotopic (exact) mass is 281 g/mol. The summed E-state index contributed by atoms with van der Waals surface area (Å²) >= 11 is 5.01. The molecule has 1 aromatic rings. The van der Waals surface area contributed by atoms with Gasteiger partial charge >= 0.3 is 0 Å². The Morgan fingerprint density at radius 1 is 1.42 bits per heavy atom. The SMILES string of the molecule is CNC(=S)NCCCNCc1ncn2c1CCCC2. The number of hydrogen-bond acceptors (Lipinski definition) is 3. The van der Waals surface area contributed by atoms with Gasteiger partial charge < -0.3 is 20.5 Å². The number of aryl methyl sites for hydroxylation is 1. The Balaban J connectivity index is 1.63. The van der Waals surface area contributed by atoms with E-state index in [0.717, 1.165) is 32.6 Å². The molecule has 0 aliphatic carbocycles. The van der Waals surface area contributed by atoms with Crippen LogP contribution >= 0.6 is 12.2 Å². The Bertz CT molecular complexity index is 415. The molecule has 1 aromatic heterocycles. The van der Waals surface area contributed by atoms with Crippen LogP contribution in [0.1, 0.15) is 30.7 Å². The normalized spacial score (nSPS) is 13.9. The van der Waals surface area contributed by atoms with E-state index in [1.807, 2.05) is 13.4 Å². The van der Waals surface area contributed by atoms with Gasteiger partial charge in [-0.3, -0.25) is 0 Å². The van der Waals surface area contributed by atoms with Crippen LogP contribution in [0.15, 0.2) is 6.33 Å².